The van der Waals surface area contributed by atoms with Crippen molar-refractivity contribution >= 4 is 42.8 Å². The second-order valence-electron chi connectivity index (χ2n) is 7.00. The van der Waals surface area contributed by atoms with Gasteiger partial charge in [-0.15, -0.1) is 0 Å². The highest BCUT2D eigenvalue weighted by atomic mass is 79.9. The molecule has 10 heteroatoms. The molecule has 3 aromatic rings. The van der Waals surface area contributed by atoms with E-state index in [4.69, 9.17) is 8.94 Å². The first-order chi connectivity index (χ1) is 13.8. The van der Waals surface area contributed by atoms with Crippen LogP contribution in [0, 0.1) is 13.8 Å². The second kappa shape index (κ2) is 7.58. The Labute approximate surface area is 176 Å². The number of hydrogen-bond donors (Lipinski definition) is 0. The number of halogens is 1. The van der Waals surface area contributed by atoms with Gasteiger partial charge in [0.05, 0.1) is 0 Å². The maximum Gasteiger partial charge on any atom is 0.289 e. The van der Waals surface area contributed by atoms with Gasteiger partial charge in [-0.05, 0) is 44.5 Å². The summed E-state index contributed by atoms with van der Waals surface area (Å²) in [6.07, 6.45) is 0.528. The molecular formula is C19H20BrN3O5S. The lowest BCUT2D eigenvalue weighted by Crippen LogP contribution is -2.37. The van der Waals surface area contributed by atoms with Gasteiger partial charge in [-0.25, -0.2) is 8.42 Å². The van der Waals surface area contributed by atoms with Crippen LogP contribution >= 0.6 is 15.9 Å². The summed E-state index contributed by atoms with van der Waals surface area (Å²) in [5.74, 6) is 0.280. The van der Waals surface area contributed by atoms with Crippen molar-refractivity contribution in [3.63, 3.8) is 0 Å². The number of aromatic nitrogens is 1. The fourth-order valence-electron chi connectivity index (χ4n) is 3.58. The van der Waals surface area contributed by atoms with E-state index in [0.29, 0.717) is 30.8 Å². The van der Waals surface area contributed by atoms with Crippen LogP contribution < -0.4 is 0 Å². The molecule has 4 rings (SSSR count). The molecule has 0 radical (unpaired) electrons. The predicted octanol–water partition coefficient (Wildman–Crippen LogP) is 3.34. The summed E-state index contributed by atoms with van der Waals surface area (Å²) in [5.41, 5.74) is 0.974. The molecule has 1 aliphatic rings. The molecule has 154 valence electrons. The summed E-state index contributed by atoms with van der Waals surface area (Å²) in [6.45, 7) is 4.44. The van der Waals surface area contributed by atoms with E-state index in [-0.39, 0.29) is 35.4 Å². The maximum atomic E-state index is 13.0. The zero-order valence-corrected chi connectivity index (χ0v) is 18.4. The van der Waals surface area contributed by atoms with Gasteiger partial charge in [-0.3, -0.25) is 4.79 Å². The van der Waals surface area contributed by atoms with Gasteiger partial charge in [0, 0.05) is 36.0 Å². The van der Waals surface area contributed by atoms with E-state index < -0.39 is 10.0 Å². The minimum absolute atomic E-state index is 0.111. The van der Waals surface area contributed by atoms with Gasteiger partial charge in [-0.2, -0.15) is 4.31 Å². The number of nitrogens with zero attached hydrogens (tertiary/aromatic N) is 3. The smallest absolute Gasteiger partial charge is 0.289 e. The molecule has 3 heterocycles. The van der Waals surface area contributed by atoms with Gasteiger partial charge in [0.1, 0.15) is 16.2 Å². The number of carbonyl (C=O) groups is 1. The lowest BCUT2D eigenvalue weighted by atomic mass is 10.2. The zero-order chi connectivity index (χ0) is 20.8. The van der Waals surface area contributed by atoms with Gasteiger partial charge < -0.3 is 13.8 Å². The lowest BCUT2D eigenvalue weighted by molar-refractivity contribution is 0.0734. The Kier molecular flexibility index (Phi) is 5.26. The van der Waals surface area contributed by atoms with E-state index in [0.717, 1.165) is 9.86 Å². The second-order valence-corrected chi connectivity index (χ2v) is 9.79. The van der Waals surface area contributed by atoms with Gasteiger partial charge >= 0.3 is 0 Å². The number of aryl methyl sites for hydroxylation is 2. The van der Waals surface area contributed by atoms with Crippen LogP contribution in [0.15, 0.2) is 42.6 Å². The maximum absolute atomic E-state index is 13.0. The number of rotatable bonds is 3. The third kappa shape index (κ3) is 3.72. The molecule has 0 aliphatic carbocycles. The van der Waals surface area contributed by atoms with Crippen molar-refractivity contribution < 1.29 is 22.2 Å². The fourth-order valence-corrected chi connectivity index (χ4v) is 5.72. The van der Waals surface area contributed by atoms with Crippen molar-refractivity contribution in [2.45, 2.75) is 25.2 Å². The summed E-state index contributed by atoms with van der Waals surface area (Å²) < 4.78 is 39.1. The highest BCUT2D eigenvalue weighted by molar-refractivity contribution is 9.10. The van der Waals surface area contributed by atoms with Crippen molar-refractivity contribution in [1.82, 2.24) is 14.4 Å². The number of sulfonamides is 1. The summed E-state index contributed by atoms with van der Waals surface area (Å²) in [4.78, 5) is 14.7. The average molecular weight is 482 g/mol. The fraction of sp³-hybridized carbons (Fsp3) is 0.368. The van der Waals surface area contributed by atoms with Gasteiger partial charge in [0.25, 0.3) is 5.91 Å². The monoisotopic (exact) mass is 481 g/mol. The Hall–Kier alpha value is -2.17. The molecule has 0 atom stereocenters. The number of fused-ring (bicyclic) bond motifs is 1. The molecule has 0 unspecified atom stereocenters. The molecule has 29 heavy (non-hydrogen) atoms. The number of benzene rings is 1. The van der Waals surface area contributed by atoms with E-state index in [1.54, 1.807) is 30.9 Å². The Morgan fingerprint density at radius 1 is 1.14 bits per heavy atom. The Morgan fingerprint density at radius 3 is 2.66 bits per heavy atom. The van der Waals surface area contributed by atoms with Crippen LogP contribution in [0.2, 0.25) is 0 Å². The SMILES string of the molecule is Cc1noc(C)c1S(=O)(=O)N1CCCN(C(=O)c2cc3cc(Br)ccc3o2)CC1. The molecule has 1 amide bonds. The largest absolute Gasteiger partial charge is 0.451 e. The van der Waals surface area contributed by atoms with Crippen LogP contribution in [-0.2, 0) is 10.0 Å². The van der Waals surface area contributed by atoms with Crippen LogP contribution in [0.5, 0.6) is 0 Å². The van der Waals surface area contributed by atoms with E-state index in [1.165, 1.54) is 4.31 Å². The molecule has 1 fully saturated rings. The van der Waals surface area contributed by atoms with Crippen molar-refractivity contribution in [2.24, 2.45) is 0 Å². The van der Waals surface area contributed by atoms with Crippen LogP contribution in [0.4, 0.5) is 0 Å². The Morgan fingerprint density at radius 2 is 1.93 bits per heavy atom. The van der Waals surface area contributed by atoms with E-state index in [1.807, 2.05) is 12.1 Å². The lowest BCUT2D eigenvalue weighted by Gasteiger charge is -2.21. The molecule has 0 bridgehead atoms. The van der Waals surface area contributed by atoms with Crippen LogP contribution in [0.25, 0.3) is 11.0 Å². The van der Waals surface area contributed by atoms with Gasteiger partial charge in [-0.1, -0.05) is 21.1 Å². The third-order valence-electron chi connectivity index (χ3n) is 5.00. The van der Waals surface area contributed by atoms with E-state index in [2.05, 4.69) is 21.1 Å². The van der Waals surface area contributed by atoms with Crippen LogP contribution in [0.1, 0.15) is 28.4 Å². The summed E-state index contributed by atoms with van der Waals surface area (Å²) in [5, 5.41) is 4.58. The quantitative estimate of drug-likeness (QED) is 0.568. The first kappa shape index (κ1) is 20.1. The highest BCUT2D eigenvalue weighted by Crippen LogP contribution is 2.26. The summed E-state index contributed by atoms with van der Waals surface area (Å²) in [7, 11) is -3.73. The van der Waals surface area contributed by atoms with Crippen molar-refractivity contribution in [2.75, 3.05) is 26.2 Å². The topological polar surface area (TPSA) is 96.9 Å². The first-order valence-electron chi connectivity index (χ1n) is 9.19. The summed E-state index contributed by atoms with van der Waals surface area (Å²) in [6, 6.07) is 7.25. The molecule has 1 aliphatic heterocycles. The zero-order valence-electron chi connectivity index (χ0n) is 16.0. The Balaban J connectivity index is 1.53. The van der Waals surface area contributed by atoms with E-state index in [9.17, 15) is 13.2 Å². The average Bonchev–Trinajstić information content (AvgIpc) is 3.13. The molecule has 0 spiro atoms. The minimum atomic E-state index is -3.73. The number of amides is 1. The van der Waals surface area contributed by atoms with Gasteiger partial charge in [0.15, 0.2) is 11.5 Å². The number of furan rings is 1. The normalized spacial score (nSPS) is 16.3. The minimum Gasteiger partial charge on any atom is -0.451 e. The molecule has 1 saturated heterocycles. The molecule has 8 nitrogen and oxygen atoms in total. The molecule has 0 N–H and O–H groups in total. The number of carbonyl (C=O) groups excluding carboxylic acids is 1. The van der Waals surface area contributed by atoms with Crippen molar-refractivity contribution in [3.05, 3.63) is 46.0 Å². The van der Waals surface area contributed by atoms with E-state index >= 15 is 0 Å². The Bertz CT molecular complexity index is 1160. The molecule has 2 aromatic heterocycles. The molecule has 0 saturated carbocycles. The van der Waals surface area contributed by atoms with Gasteiger partial charge in [0.2, 0.25) is 10.0 Å². The molecule has 1 aromatic carbocycles. The predicted molar refractivity (Wildman–Crippen MR) is 109 cm³/mol. The highest BCUT2D eigenvalue weighted by Gasteiger charge is 2.33. The van der Waals surface area contributed by atoms with Crippen molar-refractivity contribution in [1.29, 1.82) is 0 Å². The first-order valence-corrected chi connectivity index (χ1v) is 11.4. The standard InChI is InChI=1S/C19H20BrN3O5S/c1-12-18(13(2)28-21-12)29(25,26)23-7-3-6-22(8-9-23)19(24)17-11-14-10-15(20)4-5-16(14)27-17/h4-5,10-11H,3,6-9H2,1-2H3. The van der Waals surface area contributed by atoms with Crippen LogP contribution in [-0.4, -0.2) is 54.9 Å². The number of hydrogen-bond acceptors (Lipinski definition) is 6. The third-order valence-corrected chi connectivity index (χ3v) is 7.63. The molecular weight excluding hydrogens is 462 g/mol. The van der Waals surface area contributed by atoms with Crippen molar-refractivity contribution in [3.8, 4) is 0 Å². The summed E-state index contributed by atoms with van der Waals surface area (Å²) >= 11 is 3.41. The van der Waals surface area contributed by atoms with Crippen LogP contribution in [0.3, 0.4) is 0 Å².